The number of carbonyl (C=O) groups is 3. The Balaban J connectivity index is 1.65. The van der Waals surface area contributed by atoms with Crippen LogP contribution in [0.5, 0.6) is 0 Å². The lowest BCUT2D eigenvalue weighted by Crippen LogP contribution is -2.51. The fraction of sp³-hybridized carbons (Fsp3) is 0.542. The highest BCUT2D eigenvalue weighted by atomic mass is 16.2. The van der Waals surface area contributed by atoms with Crippen molar-refractivity contribution in [2.45, 2.75) is 64.5 Å². The summed E-state index contributed by atoms with van der Waals surface area (Å²) in [6.45, 7) is 3.52. The minimum Gasteiger partial charge on any atom is -0.361 e. The Morgan fingerprint density at radius 1 is 1.10 bits per heavy atom. The first kappa shape index (κ1) is 22.8. The van der Waals surface area contributed by atoms with Crippen LogP contribution in [0.25, 0.3) is 10.9 Å². The zero-order valence-electron chi connectivity index (χ0n) is 18.7. The van der Waals surface area contributed by atoms with Crippen LogP contribution in [0.2, 0.25) is 0 Å². The minimum atomic E-state index is -0.748. The zero-order valence-corrected chi connectivity index (χ0v) is 18.7. The van der Waals surface area contributed by atoms with Gasteiger partial charge in [-0.15, -0.1) is 0 Å². The third kappa shape index (κ3) is 5.87. The Hall–Kier alpha value is -2.83. The van der Waals surface area contributed by atoms with Crippen LogP contribution in [0.15, 0.2) is 30.5 Å². The van der Waals surface area contributed by atoms with Crippen LogP contribution >= 0.6 is 0 Å². The smallest absolute Gasteiger partial charge is 0.243 e. The molecule has 3 N–H and O–H groups in total. The van der Waals surface area contributed by atoms with Crippen molar-refractivity contribution in [3.63, 3.8) is 0 Å². The number of H-pyrrole nitrogens is 1. The normalized spacial score (nSPS) is 15.6. The molecule has 1 atom stereocenters. The fourth-order valence-electron chi connectivity index (χ4n) is 4.15. The zero-order chi connectivity index (χ0) is 22.4. The maximum atomic E-state index is 13.0. The van der Waals surface area contributed by atoms with Gasteiger partial charge in [0, 0.05) is 42.5 Å². The molecule has 31 heavy (non-hydrogen) atoms. The maximum absolute atomic E-state index is 13.0. The van der Waals surface area contributed by atoms with Gasteiger partial charge in [-0.1, -0.05) is 51.3 Å². The second kappa shape index (κ2) is 10.5. The first-order chi connectivity index (χ1) is 14.9. The lowest BCUT2D eigenvalue weighted by Gasteiger charge is -2.31. The van der Waals surface area contributed by atoms with E-state index in [1.165, 1.54) is 6.42 Å². The molecule has 1 aliphatic rings. The summed E-state index contributed by atoms with van der Waals surface area (Å²) in [5.74, 6) is -0.867. The third-order valence-electron chi connectivity index (χ3n) is 6.19. The maximum Gasteiger partial charge on any atom is 0.243 e. The van der Waals surface area contributed by atoms with Crippen molar-refractivity contribution in [3.8, 4) is 0 Å². The number of rotatable bonds is 8. The highest BCUT2D eigenvalue weighted by Crippen LogP contribution is 2.22. The van der Waals surface area contributed by atoms with Gasteiger partial charge in [0.05, 0.1) is 6.54 Å². The largest absolute Gasteiger partial charge is 0.361 e. The molecule has 3 rings (SSSR count). The molecule has 0 radical (unpaired) electrons. The number of para-hydroxylation sites is 1. The van der Waals surface area contributed by atoms with Crippen LogP contribution in [-0.4, -0.2) is 53.3 Å². The van der Waals surface area contributed by atoms with Crippen molar-refractivity contribution in [1.29, 1.82) is 0 Å². The molecule has 168 valence electrons. The number of benzene rings is 1. The van der Waals surface area contributed by atoms with Crippen LogP contribution in [0.4, 0.5) is 0 Å². The quantitative estimate of drug-likeness (QED) is 0.606. The molecular weight excluding hydrogens is 392 g/mol. The van der Waals surface area contributed by atoms with Crippen molar-refractivity contribution in [2.75, 3.05) is 13.6 Å². The predicted octanol–water partition coefficient (Wildman–Crippen LogP) is 2.76. The number of aromatic amines is 1. The van der Waals surface area contributed by atoms with E-state index in [1.54, 1.807) is 18.7 Å². The van der Waals surface area contributed by atoms with Gasteiger partial charge in [0.1, 0.15) is 6.04 Å². The van der Waals surface area contributed by atoms with Crippen molar-refractivity contribution >= 4 is 28.6 Å². The second-order valence-corrected chi connectivity index (χ2v) is 8.79. The number of hydrogen-bond donors (Lipinski definition) is 3. The number of amides is 3. The number of likely N-dealkylation sites (N-methyl/N-ethyl adjacent to an activating group) is 1. The Bertz CT molecular complexity index is 914. The van der Waals surface area contributed by atoms with Crippen LogP contribution < -0.4 is 10.6 Å². The molecule has 3 amide bonds. The molecule has 0 spiro atoms. The number of nitrogens with zero attached hydrogens (tertiary/aromatic N) is 1. The number of carbonyl (C=O) groups excluding carboxylic acids is 3. The van der Waals surface area contributed by atoms with Crippen LogP contribution in [0.3, 0.4) is 0 Å². The van der Waals surface area contributed by atoms with E-state index in [4.69, 9.17) is 0 Å². The van der Waals surface area contributed by atoms with E-state index in [0.29, 0.717) is 6.42 Å². The molecule has 0 saturated heterocycles. The van der Waals surface area contributed by atoms with E-state index in [1.807, 2.05) is 37.5 Å². The van der Waals surface area contributed by atoms with E-state index >= 15 is 0 Å². The molecule has 1 unspecified atom stereocenters. The lowest BCUT2D eigenvalue weighted by molar-refractivity contribution is -0.135. The first-order valence-electron chi connectivity index (χ1n) is 11.3. The average Bonchev–Trinajstić information content (AvgIpc) is 3.19. The van der Waals surface area contributed by atoms with Crippen molar-refractivity contribution in [1.82, 2.24) is 20.5 Å². The summed E-state index contributed by atoms with van der Waals surface area (Å²) >= 11 is 0. The van der Waals surface area contributed by atoms with Gasteiger partial charge in [0.15, 0.2) is 0 Å². The summed E-state index contributed by atoms with van der Waals surface area (Å²) in [6.07, 6.45) is 7.76. The van der Waals surface area contributed by atoms with Gasteiger partial charge in [-0.25, -0.2) is 0 Å². The summed E-state index contributed by atoms with van der Waals surface area (Å²) in [5.41, 5.74) is 1.93. The first-order valence-corrected chi connectivity index (χ1v) is 11.3. The average molecular weight is 427 g/mol. The molecular formula is C24H34N4O3. The summed E-state index contributed by atoms with van der Waals surface area (Å²) < 4.78 is 0. The predicted molar refractivity (Wildman–Crippen MR) is 121 cm³/mol. The summed E-state index contributed by atoms with van der Waals surface area (Å²) in [4.78, 5) is 42.9. The molecule has 1 heterocycles. The van der Waals surface area contributed by atoms with E-state index in [0.717, 1.165) is 42.1 Å². The third-order valence-corrected chi connectivity index (χ3v) is 6.19. The number of aromatic nitrogens is 1. The number of nitrogens with one attached hydrogen (secondary N) is 3. The summed E-state index contributed by atoms with van der Waals surface area (Å²) in [5, 5.41) is 6.62. The molecule has 0 aliphatic heterocycles. The standard InChI is InChI=1S/C24H34N4O3/c1-16(2)23(30)27-21(13-17-14-25-20-12-8-7-11-19(17)20)24(31)26-15-22(29)28(3)18-9-5-4-6-10-18/h7-8,11-12,14,16,18,21,25H,4-6,9-10,13,15H2,1-3H3,(H,26,31)(H,27,30). The molecule has 1 saturated carbocycles. The van der Waals surface area contributed by atoms with E-state index < -0.39 is 6.04 Å². The molecule has 0 bridgehead atoms. The Labute approximate surface area is 183 Å². The molecule has 1 aromatic carbocycles. The molecule has 7 nitrogen and oxygen atoms in total. The summed E-state index contributed by atoms with van der Waals surface area (Å²) in [7, 11) is 1.81. The minimum absolute atomic E-state index is 0.0617. The Morgan fingerprint density at radius 3 is 2.52 bits per heavy atom. The van der Waals surface area contributed by atoms with Crippen LogP contribution in [-0.2, 0) is 20.8 Å². The van der Waals surface area contributed by atoms with Crippen molar-refractivity contribution in [2.24, 2.45) is 5.92 Å². The topological polar surface area (TPSA) is 94.3 Å². The molecule has 7 heteroatoms. The van der Waals surface area contributed by atoms with E-state index in [9.17, 15) is 14.4 Å². The van der Waals surface area contributed by atoms with Crippen LogP contribution in [0, 0.1) is 5.92 Å². The number of hydrogen-bond acceptors (Lipinski definition) is 3. The van der Waals surface area contributed by atoms with E-state index in [-0.39, 0.29) is 36.2 Å². The highest BCUT2D eigenvalue weighted by molar-refractivity contribution is 5.92. The van der Waals surface area contributed by atoms with Gasteiger partial charge < -0.3 is 20.5 Å². The Kier molecular flexibility index (Phi) is 7.71. The van der Waals surface area contributed by atoms with Gasteiger partial charge in [0.25, 0.3) is 0 Å². The summed E-state index contributed by atoms with van der Waals surface area (Å²) in [6, 6.07) is 7.36. The monoisotopic (exact) mass is 426 g/mol. The van der Waals surface area contributed by atoms with Crippen molar-refractivity contribution in [3.05, 3.63) is 36.0 Å². The van der Waals surface area contributed by atoms with Gasteiger partial charge in [-0.3, -0.25) is 14.4 Å². The Morgan fingerprint density at radius 2 is 1.81 bits per heavy atom. The molecule has 1 aliphatic carbocycles. The van der Waals surface area contributed by atoms with Gasteiger partial charge in [-0.05, 0) is 24.5 Å². The molecule has 1 aromatic heterocycles. The molecule has 1 fully saturated rings. The van der Waals surface area contributed by atoms with E-state index in [2.05, 4.69) is 15.6 Å². The van der Waals surface area contributed by atoms with Crippen molar-refractivity contribution < 1.29 is 14.4 Å². The molecule has 2 aromatic rings. The lowest BCUT2D eigenvalue weighted by atomic mass is 9.94. The highest BCUT2D eigenvalue weighted by Gasteiger charge is 2.26. The van der Waals surface area contributed by atoms with Gasteiger partial charge in [0.2, 0.25) is 17.7 Å². The fourth-order valence-corrected chi connectivity index (χ4v) is 4.15. The second-order valence-electron chi connectivity index (χ2n) is 8.79. The van der Waals surface area contributed by atoms with Crippen LogP contribution in [0.1, 0.15) is 51.5 Å². The van der Waals surface area contributed by atoms with Gasteiger partial charge >= 0.3 is 0 Å². The van der Waals surface area contributed by atoms with Gasteiger partial charge in [-0.2, -0.15) is 0 Å². The number of fused-ring (bicyclic) bond motifs is 1. The SMILES string of the molecule is CC(C)C(=O)NC(Cc1c[nH]c2ccccc12)C(=O)NCC(=O)N(C)C1CCCCC1.